The zero-order chi connectivity index (χ0) is 14.9. The summed E-state index contributed by atoms with van der Waals surface area (Å²) in [7, 11) is 0. The Labute approximate surface area is 128 Å². The van der Waals surface area contributed by atoms with Gasteiger partial charge in [0.1, 0.15) is 0 Å². The summed E-state index contributed by atoms with van der Waals surface area (Å²) in [5, 5.41) is 0. The second-order valence-electron chi connectivity index (χ2n) is 6.17. The number of unbranched alkanes of at least 4 members (excludes halogenated alkanes) is 2. The molecule has 0 N–H and O–H groups in total. The van der Waals surface area contributed by atoms with E-state index in [1.807, 2.05) is 0 Å². The standard InChI is InChI=1S/C19H28O2/c1-2-7-16-11-13-17(14-12-16)8-4-3-5-9-18-10-6-15-21-19(18)20/h11-14,18H,2-10,15H2,1H3. The first-order chi connectivity index (χ1) is 10.3. The van der Waals surface area contributed by atoms with Gasteiger partial charge in [0.15, 0.2) is 0 Å². The van der Waals surface area contributed by atoms with Crippen LogP contribution in [-0.4, -0.2) is 12.6 Å². The fourth-order valence-corrected chi connectivity index (χ4v) is 3.06. The lowest BCUT2D eigenvalue weighted by Gasteiger charge is -2.20. The minimum absolute atomic E-state index is 0.0350. The molecule has 1 aliphatic heterocycles. The SMILES string of the molecule is CCCc1ccc(CCCCCC2CCCOC2=O)cc1. The molecule has 2 heteroatoms. The fraction of sp³-hybridized carbons (Fsp3) is 0.632. The van der Waals surface area contributed by atoms with Crippen LogP contribution in [0.3, 0.4) is 0 Å². The first kappa shape index (κ1) is 16.1. The van der Waals surface area contributed by atoms with Gasteiger partial charge in [-0.3, -0.25) is 4.79 Å². The molecule has 1 unspecified atom stereocenters. The zero-order valence-electron chi connectivity index (χ0n) is 13.3. The minimum Gasteiger partial charge on any atom is -0.465 e. The summed E-state index contributed by atoms with van der Waals surface area (Å²) in [6, 6.07) is 9.06. The second kappa shape index (κ2) is 8.86. The van der Waals surface area contributed by atoms with Crippen LogP contribution in [0.25, 0.3) is 0 Å². The van der Waals surface area contributed by atoms with Crippen LogP contribution in [0.15, 0.2) is 24.3 Å². The number of rotatable bonds is 8. The maximum atomic E-state index is 11.5. The van der Waals surface area contributed by atoms with Crippen molar-refractivity contribution in [3.8, 4) is 0 Å². The number of hydrogen-bond acceptors (Lipinski definition) is 2. The molecule has 1 fully saturated rings. The molecule has 1 atom stereocenters. The lowest BCUT2D eigenvalue weighted by atomic mass is 9.94. The third-order valence-corrected chi connectivity index (χ3v) is 4.35. The summed E-state index contributed by atoms with van der Waals surface area (Å²) in [5.41, 5.74) is 2.88. The number of carbonyl (C=O) groups is 1. The minimum atomic E-state index is 0.0350. The highest BCUT2D eigenvalue weighted by Crippen LogP contribution is 2.21. The van der Waals surface area contributed by atoms with Crippen molar-refractivity contribution >= 4 is 5.97 Å². The number of benzene rings is 1. The van der Waals surface area contributed by atoms with E-state index >= 15 is 0 Å². The Morgan fingerprint density at radius 1 is 1.05 bits per heavy atom. The molecule has 0 aliphatic carbocycles. The predicted molar refractivity (Wildman–Crippen MR) is 86.3 cm³/mol. The van der Waals surface area contributed by atoms with Crippen LogP contribution < -0.4 is 0 Å². The summed E-state index contributed by atoms with van der Waals surface area (Å²) >= 11 is 0. The molecule has 0 amide bonds. The van der Waals surface area contributed by atoms with Gasteiger partial charge in [0.05, 0.1) is 12.5 Å². The van der Waals surface area contributed by atoms with Crippen molar-refractivity contribution in [2.45, 2.75) is 64.7 Å². The van der Waals surface area contributed by atoms with Gasteiger partial charge in [0.25, 0.3) is 0 Å². The molecule has 0 bridgehead atoms. The Balaban J connectivity index is 1.59. The average molecular weight is 288 g/mol. The van der Waals surface area contributed by atoms with E-state index in [2.05, 4.69) is 31.2 Å². The van der Waals surface area contributed by atoms with Gasteiger partial charge in [0.2, 0.25) is 0 Å². The van der Waals surface area contributed by atoms with Crippen molar-refractivity contribution in [2.24, 2.45) is 5.92 Å². The molecule has 2 rings (SSSR count). The van der Waals surface area contributed by atoms with Gasteiger partial charge in [-0.15, -0.1) is 0 Å². The van der Waals surface area contributed by atoms with E-state index in [1.54, 1.807) is 0 Å². The van der Waals surface area contributed by atoms with Crippen LogP contribution in [0.4, 0.5) is 0 Å². The first-order valence-corrected chi connectivity index (χ1v) is 8.54. The van der Waals surface area contributed by atoms with E-state index in [9.17, 15) is 4.79 Å². The Kier molecular flexibility index (Phi) is 6.78. The molecule has 1 heterocycles. The molecule has 1 aromatic rings. The van der Waals surface area contributed by atoms with Crippen molar-refractivity contribution in [3.63, 3.8) is 0 Å². The molecule has 0 spiro atoms. The van der Waals surface area contributed by atoms with Gasteiger partial charge in [0, 0.05) is 0 Å². The average Bonchev–Trinajstić information content (AvgIpc) is 2.51. The number of ether oxygens (including phenoxy) is 1. The van der Waals surface area contributed by atoms with Crippen molar-refractivity contribution in [1.82, 2.24) is 0 Å². The topological polar surface area (TPSA) is 26.3 Å². The van der Waals surface area contributed by atoms with Crippen molar-refractivity contribution in [3.05, 3.63) is 35.4 Å². The highest BCUT2D eigenvalue weighted by Gasteiger charge is 2.22. The molecule has 0 aromatic heterocycles. The van der Waals surface area contributed by atoms with Gasteiger partial charge < -0.3 is 4.74 Å². The first-order valence-electron chi connectivity index (χ1n) is 8.54. The zero-order valence-corrected chi connectivity index (χ0v) is 13.3. The molecule has 0 saturated carbocycles. The summed E-state index contributed by atoms with van der Waals surface area (Å²) < 4.78 is 5.11. The summed E-state index contributed by atoms with van der Waals surface area (Å²) in [6.07, 6.45) is 10.2. The van der Waals surface area contributed by atoms with Gasteiger partial charge in [-0.25, -0.2) is 0 Å². The molecule has 0 radical (unpaired) electrons. The Morgan fingerprint density at radius 2 is 1.76 bits per heavy atom. The number of cyclic esters (lactones) is 1. The van der Waals surface area contributed by atoms with Crippen LogP contribution in [0, 0.1) is 5.92 Å². The molecule has 1 aliphatic rings. The highest BCUT2D eigenvalue weighted by molar-refractivity contribution is 5.72. The lowest BCUT2D eigenvalue weighted by molar-refractivity contribution is -0.153. The Bertz CT molecular complexity index is 422. The molecule has 1 aromatic carbocycles. The van der Waals surface area contributed by atoms with E-state index in [0.717, 1.165) is 32.1 Å². The van der Waals surface area contributed by atoms with E-state index in [4.69, 9.17) is 4.74 Å². The lowest BCUT2D eigenvalue weighted by Crippen LogP contribution is -2.23. The number of esters is 1. The molecular weight excluding hydrogens is 260 g/mol. The smallest absolute Gasteiger partial charge is 0.308 e. The Morgan fingerprint density at radius 3 is 2.43 bits per heavy atom. The van der Waals surface area contributed by atoms with Crippen LogP contribution in [0.1, 0.15) is 63.0 Å². The van der Waals surface area contributed by atoms with E-state index < -0.39 is 0 Å². The maximum Gasteiger partial charge on any atom is 0.308 e. The highest BCUT2D eigenvalue weighted by atomic mass is 16.5. The molecule has 1 saturated heterocycles. The van der Waals surface area contributed by atoms with Crippen molar-refractivity contribution < 1.29 is 9.53 Å². The number of hydrogen-bond donors (Lipinski definition) is 0. The van der Waals surface area contributed by atoms with E-state index in [1.165, 1.54) is 36.8 Å². The van der Waals surface area contributed by atoms with Crippen LogP contribution in [-0.2, 0) is 22.4 Å². The predicted octanol–water partition coefficient (Wildman–Crippen LogP) is 4.70. The van der Waals surface area contributed by atoms with Gasteiger partial charge in [-0.1, -0.05) is 50.5 Å². The van der Waals surface area contributed by atoms with E-state index in [0.29, 0.717) is 6.61 Å². The van der Waals surface area contributed by atoms with Crippen LogP contribution >= 0.6 is 0 Å². The van der Waals surface area contributed by atoms with E-state index in [-0.39, 0.29) is 11.9 Å². The van der Waals surface area contributed by atoms with Crippen LogP contribution in [0.5, 0.6) is 0 Å². The summed E-state index contributed by atoms with van der Waals surface area (Å²) in [5.74, 6) is 0.208. The van der Waals surface area contributed by atoms with Gasteiger partial charge >= 0.3 is 5.97 Å². The number of carbonyl (C=O) groups excluding carboxylic acids is 1. The van der Waals surface area contributed by atoms with Crippen molar-refractivity contribution in [2.75, 3.05) is 6.61 Å². The molecular formula is C19H28O2. The molecule has 2 nitrogen and oxygen atoms in total. The monoisotopic (exact) mass is 288 g/mol. The Hall–Kier alpha value is -1.31. The summed E-state index contributed by atoms with van der Waals surface area (Å²) in [4.78, 5) is 11.5. The fourth-order valence-electron chi connectivity index (χ4n) is 3.06. The third kappa shape index (κ3) is 5.53. The molecule has 21 heavy (non-hydrogen) atoms. The largest absolute Gasteiger partial charge is 0.465 e. The third-order valence-electron chi connectivity index (χ3n) is 4.35. The maximum absolute atomic E-state index is 11.5. The van der Waals surface area contributed by atoms with Gasteiger partial charge in [-0.05, 0) is 49.7 Å². The summed E-state index contributed by atoms with van der Waals surface area (Å²) in [6.45, 7) is 2.85. The van der Waals surface area contributed by atoms with Gasteiger partial charge in [-0.2, -0.15) is 0 Å². The number of aryl methyl sites for hydroxylation is 2. The second-order valence-corrected chi connectivity index (χ2v) is 6.17. The molecule has 116 valence electrons. The van der Waals surface area contributed by atoms with Crippen molar-refractivity contribution in [1.29, 1.82) is 0 Å². The van der Waals surface area contributed by atoms with Crippen LogP contribution in [0.2, 0.25) is 0 Å². The quantitative estimate of drug-likeness (QED) is 0.512. The normalized spacial score (nSPS) is 18.5.